The van der Waals surface area contributed by atoms with E-state index in [1.165, 1.54) is 20.3 Å². The zero-order chi connectivity index (χ0) is 21.5. The molecule has 0 unspecified atom stereocenters. The minimum absolute atomic E-state index is 0.00235. The van der Waals surface area contributed by atoms with E-state index in [2.05, 4.69) is 5.32 Å². The topological polar surface area (TPSA) is 113 Å². The summed E-state index contributed by atoms with van der Waals surface area (Å²) in [5.74, 6) is 0.669. The molecule has 0 spiro atoms. The first-order chi connectivity index (χ1) is 14.5. The second-order valence-corrected chi connectivity index (χ2v) is 6.58. The molecule has 1 heterocycles. The molecule has 0 saturated carbocycles. The van der Waals surface area contributed by atoms with Gasteiger partial charge in [0.25, 0.3) is 0 Å². The molecular formula is C22H24N2O6. The van der Waals surface area contributed by atoms with Gasteiger partial charge in [-0.25, -0.2) is 5.48 Å². The van der Waals surface area contributed by atoms with Gasteiger partial charge in [-0.15, -0.1) is 0 Å². The van der Waals surface area contributed by atoms with E-state index in [9.17, 15) is 9.90 Å². The molecule has 0 bridgehead atoms. The van der Waals surface area contributed by atoms with E-state index in [1.807, 2.05) is 24.3 Å². The lowest BCUT2D eigenvalue weighted by Gasteiger charge is -2.11. The van der Waals surface area contributed by atoms with Gasteiger partial charge in [0.1, 0.15) is 5.76 Å². The first-order valence-electron chi connectivity index (χ1n) is 9.34. The standard InChI is InChI=1S/C22H24N2O6/c1-28-19-11-15(12-20(29-2)21(19)25)9-10-23-13-14-3-5-16(6-4-14)17-7-8-18(30-17)22(26)24-27/h3-8,11-12,23,25,27H,9-10,13H2,1-2H3,(H,24,26). The number of benzene rings is 2. The van der Waals surface area contributed by atoms with Gasteiger partial charge in [0.05, 0.1) is 14.2 Å². The highest BCUT2D eigenvalue weighted by atomic mass is 16.5. The zero-order valence-corrected chi connectivity index (χ0v) is 16.8. The Morgan fingerprint density at radius 2 is 1.67 bits per heavy atom. The molecule has 30 heavy (non-hydrogen) atoms. The van der Waals surface area contributed by atoms with Crippen molar-refractivity contribution in [2.24, 2.45) is 0 Å². The van der Waals surface area contributed by atoms with Gasteiger partial charge in [-0.1, -0.05) is 24.3 Å². The van der Waals surface area contributed by atoms with E-state index in [0.29, 0.717) is 23.8 Å². The summed E-state index contributed by atoms with van der Waals surface area (Å²) < 4.78 is 15.8. The summed E-state index contributed by atoms with van der Waals surface area (Å²) >= 11 is 0. The highest BCUT2D eigenvalue weighted by molar-refractivity contribution is 5.91. The molecule has 3 rings (SSSR count). The second kappa shape index (κ2) is 9.82. The lowest BCUT2D eigenvalue weighted by atomic mass is 10.1. The number of carbonyl (C=O) groups excluding carboxylic acids is 1. The minimum Gasteiger partial charge on any atom is -0.502 e. The molecule has 4 N–H and O–H groups in total. The second-order valence-electron chi connectivity index (χ2n) is 6.58. The lowest BCUT2D eigenvalue weighted by Crippen LogP contribution is -2.17. The Bertz CT molecular complexity index is 972. The minimum atomic E-state index is -0.689. The van der Waals surface area contributed by atoms with E-state index in [4.69, 9.17) is 19.1 Å². The Hall–Kier alpha value is -3.49. The lowest BCUT2D eigenvalue weighted by molar-refractivity contribution is 0.0677. The monoisotopic (exact) mass is 412 g/mol. The smallest absolute Gasteiger partial charge is 0.310 e. The fourth-order valence-corrected chi connectivity index (χ4v) is 3.01. The van der Waals surface area contributed by atoms with Gasteiger partial charge in [0, 0.05) is 12.1 Å². The number of hydrogen-bond acceptors (Lipinski definition) is 7. The predicted octanol–water partition coefficient (Wildman–Crippen LogP) is 3.12. The number of phenols is 1. The predicted molar refractivity (Wildman–Crippen MR) is 110 cm³/mol. The van der Waals surface area contributed by atoms with Gasteiger partial charge in [-0.2, -0.15) is 0 Å². The zero-order valence-electron chi connectivity index (χ0n) is 16.8. The molecule has 0 saturated heterocycles. The average Bonchev–Trinajstić information content (AvgIpc) is 3.27. The quantitative estimate of drug-likeness (QED) is 0.243. The summed E-state index contributed by atoms with van der Waals surface area (Å²) in [6.45, 7) is 1.42. The largest absolute Gasteiger partial charge is 0.502 e. The first kappa shape index (κ1) is 21.2. The third-order valence-corrected chi connectivity index (χ3v) is 4.63. The number of hydrogen-bond donors (Lipinski definition) is 4. The Balaban J connectivity index is 1.53. The highest BCUT2D eigenvalue weighted by Crippen LogP contribution is 2.37. The molecule has 8 heteroatoms. The van der Waals surface area contributed by atoms with Crippen molar-refractivity contribution in [2.45, 2.75) is 13.0 Å². The molecule has 3 aromatic rings. The van der Waals surface area contributed by atoms with Crippen LogP contribution >= 0.6 is 0 Å². The van der Waals surface area contributed by atoms with Crippen molar-refractivity contribution in [3.05, 3.63) is 65.4 Å². The van der Waals surface area contributed by atoms with Gasteiger partial charge >= 0.3 is 5.91 Å². The molecule has 2 aromatic carbocycles. The molecule has 1 amide bonds. The molecule has 0 fully saturated rings. The van der Waals surface area contributed by atoms with Gasteiger partial charge in [0.15, 0.2) is 17.3 Å². The molecule has 0 aliphatic heterocycles. The first-order valence-corrected chi connectivity index (χ1v) is 9.34. The summed E-state index contributed by atoms with van der Waals surface area (Å²) in [5, 5.41) is 22.0. The van der Waals surface area contributed by atoms with E-state index in [-0.39, 0.29) is 11.5 Å². The van der Waals surface area contributed by atoms with Crippen LogP contribution in [0.5, 0.6) is 17.2 Å². The maximum atomic E-state index is 11.4. The van der Waals surface area contributed by atoms with Crippen LogP contribution in [0.2, 0.25) is 0 Å². The number of carbonyl (C=O) groups is 1. The third kappa shape index (κ3) is 4.91. The summed E-state index contributed by atoms with van der Waals surface area (Å²) in [5.41, 5.74) is 4.46. The van der Waals surface area contributed by atoms with Gasteiger partial charge in [-0.05, 0) is 48.4 Å². The van der Waals surface area contributed by atoms with Crippen molar-refractivity contribution in [3.8, 4) is 28.6 Å². The maximum Gasteiger partial charge on any atom is 0.310 e. The Morgan fingerprint density at radius 1 is 1.00 bits per heavy atom. The summed E-state index contributed by atoms with van der Waals surface area (Å²) in [7, 11) is 3.01. The number of hydroxylamine groups is 1. The normalized spacial score (nSPS) is 10.6. The number of furan rings is 1. The average molecular weight is 412 g/mol. The van der Waals surface area contributed by atoms with Crippen LogP contribution in [0.15, 0.2) is 52.9 Å². The van der Waals surface area contributed by atoms with Crippen LogP contribution in [0.4, 0.5) is 0 Å². The molecular weight excluding hydrogens is 388 g/mol. The summed E-state index contributed by atoms with van der Waals surface area (Å²) in [6.07, 6.45) is 0.743. The van der Waals surface area contributed by atoms with Crippen molar-refractivity contribution >= 4 is 5.91 Å². The third-order valence-electron chi connectivity index (χ3n) is 4.63. The Labute approximate surface area is 174 Å². The number of methoxy groups -OCH3 is 2. The van der Waals surface area contributed by atoms with Crippen LogP contribution in [0.25, 0.3) is 11.3 Å². The van der Waals surface area contributed by atoms with E-state index >= 15 is 0 Å². The van der Waals surface area contributed by atoms with Crippen LogP contribution in [-0.2, 0) is 13.0 Å². The van der Waals surface area contributed by atoms with Gasteiger partial charge in [0.2, 0.25) is 5.75 Å². The number of aromatic hydroxyl groups is 1. The van der Waals surface area contributed by atoms with Crippen LogP contribution < -0.4 is 20.3 Å². The summed E-state index contributed by atoms with van der Waals surface area (Å²) in [4.78, 5) is 11.4. The molecule has 0 radical (unpaired) electrons. The Morgan fingerprint density at radius 3 is 2.27 bits per heavy atom. The van der Waals surface area contributed by atoms with E-state index in [0.717, 1.165) is 29.7 Å². The Kier molecular flexibility index (Phi) is 6.95. The van der Waals surface area contributed by atoms with E-state index < -0.39 is 5.91 Å². The van der Waals surface area contributed by atoms with Crippen molar-refractivity contribution in [3.63, 3.8) is 0 Å². The molecule has 0 atom stereocenters. The number of nitrogens with one attached hydrogen (secondary N) is 2. The van der Waals surface area contributed by atoms with Crippen LogP contribution in [-0.4, -0.2) is 37.0 Å². The molecule has 8 nitrogen and oxygen atoms in total. The highest BCUT2D eigenvalue weighted by Gasteiger charge is 2.12. The van der Waals surface area contributed by atoms with Crippen molar-refractivity contribution in [2.75, 3.05) is 20.8 Å². The SMILES string of the molecule is COc1cc(CCNCc2ccc(-c3ccc(C(=O)NO)o3)cc2)cc(OC)c1O. The fraction of sp³-hybridized carbons (Fsp3) is 0.227. The summed E-state index contributed by atoms with van der Waals surface area (Å²) in [6, 6.07) is 14.5. The number of phenolic OH excluding ortho intramolecular Hbond substituents is 1. The number of rotatable bonds is 9. The molecule has 1 aromatic heterocycles. The van der Waals surface area contributed by atoms with Crippen molar-refractivity contribution in [1.82, 2.24) is 10.8 Å². The van der Waals surface area contributed by atoms with Crippen molar-refractivity contribution < 1.29 is 29.0 Å². The van der Waals surface area contributed by atoms with Crippen LogP contribution in [0, 0.1) is 0 Å². The fourth-order valence-electron chi connectivity index (χ4n) is 3.01. The molecule has 0 aliphatic carbocycles. The number of ether oxygens (including phenoxy) is 2. The molecule has 158 valence electrons. The van der Waals surface area contributed by atoms with Gasteiger partial charge in [-0.3, -0.25) is 10.0 Å². The van der Waals surface area contributed by atoms with Crippen molar-refractivity contribution in [1.29, 1.82) is 0 Å². The van der Waals surface area contributed by atoms with E-state index in [1.54, 1.807) is 23.7 Å². The number of amides is 1. The maximum absolute atomic E-state index is 11.4. The van der Waals surface area contributed by atoms with Crippen LogP contribution in [0.1, 0.15) is 21.7 Å². The molecule has 0 aliphatic rings. The van der Waals surface area contributed by atoms with Crippen LogP contribution in [0.3, 0.4) is 0 Å². The van der Waals surface area contributed by atoms with Gasteiger partial charge < -0.3 is 24.3 Å².